The summed E-state index contributed by atoms with van der Waals surface area (Å²) in [5, 5.41) is 13.5. The second-order valence-electron chi connectivity index (χ2n) is 10.2. The molecule has 8 heteroatoms. The van der Waals surface area contributed by atoms with E-state index in [1.807, 2.05) is 31.2 Å². The van der Waals surface area contributed by atoms with Crippen LogP contribution in [0.15, 0.2) is 30.3 Å². The molecule has 0 bridgehead atoms. The maximum absolute atomic E-state index is 12.4. The summed E-state index contributed by atoms with van der Waals surface area (Å²) in [4.78, 5) is 25.9. The van der Waals surface area contributed by atoms with Crippen molar-refractivity contribution in [2.24, 2.45) is 0 Å². The molecule has 2 fully saturated rings. The van der Waals surface area contributed by atoms with Crippen molar-refractivity contribution in [1.29, 1.82) is 0 Å². The first-order chi connectivity index (χ1) is 17.8. The number of hydrogen-bond acceptors (Lipinski definition) is 6. The average molecular weight is 511 g/mol. The lowest BCUT2D eigenvalue weighted by Crippen LogP contribution is -2.55. The fourth-order valence-corrected chi connectivity index (χ4v) is 5.40. The Balaban J connectivity index is 1.64. The van der Waals surface area contributed by atoms with Crippen LogP contribution in [0.1, 0.15) is 55.2 Å². The second kappa shape index (κ2) is 11.4. The van der Waals surface area contributed by atoms with Gasteiger partial charge in [0.15, 0.2) is 0 Å². The van der Waals surface area contributed by atoms with E-state index in [4.69, 9.17) is 14.2 Å². The third-order valence-electron chi connectivity index (χ3n) is 7.88. The van der Waals surface area contributed by atoms with Crippen LogP contribution in [-0.2, 0) is 20.9 Å². The average Bonchev–Trinajstić information content (AvgIpc) is 3.43. The number of nitrogens with zero attached hydrogens (tertiary/aromatic N) is 1. The van der Waals surface area contributed by atoms with Crippen molar-refractivity contribution in [3.63, 3.8) is 0 Å². The highest BCUT2D eigenvalue weighted by molar-refractivity contribution is 5.84. The fourth-order valence-electron chi connectivity index (χ4n) is 5.40. The predicted molar refractivity (Wildman–Crippen MR) is 142 cm³/mol. The molecule has 1 saturated heterocycles. The summed E-state index contributed by atoms with van der Waals surface area (Å²) in [5.41, 5.74) is 4.87. The zero-order chi connectivity index (χ0) is 26.6. The van der Waals surface area contributed by atoms with Gasteiger partial charge >= 0.3 is 12.1 Å². The van der Waals surface area contributed by atoms with Gasteiger partial charge in [-0.05, 0) is 85.5 Å². The number of carboxylic acids is 1. The predicted octanol–water partition coefficient (Wildman–Crippen LogP) is 5.54. The van der Waals surface area contributed by atoms with Gasteiger partial charge in [0.05, 0.1) is 26.9 Å². The number of anilines is 1. The molecule has 1 aliphatic heterocycles. The number of likely N-dealkylation sites (tertiary alicyclic amines) is 1. The number of nitrogens with one attached hydrogen (secondary N) is 1. The zero-order valence-corrected chi connectivity index (χ0v) is 22.3. The van der Waals surface area contributed by atoms with Crippen molar-refractivity contribution < 1.29 is 28.9 Å². The van der Waals surface area contributed by atoms with Gasteiger partial charge in [0.2, 0.25) is 0 Å². The van der Waals surface area contributed by atoms with Crippen molar-refractivity contribution in [3.05, 3.63) is 47.0 Å². The summed E-state index contributed by atoms with van der Waals surface area (Å²) in [6, 6.07) is 10.2. The quantitative estimate of drug-likeness (QED) is 0.481. The number of carbonyl (C=O) groups is 2. The third kappa shape index (κ3) is 5.85. The van der Waals surface area contributed by atoms with Crippen molar-refractivity contribution >= 4 is 17.7 Å². The Labute approximate surface area is 218 Å². The van der Waals surface area contributed by atoms with Crippen LogP contribution in [0.2, 0.25) is 0 Å². The molecule has 8 nitrogen and oxygen atoms in total. The fraction of sp³-hybridized carbons (Fsp3) is 0.517. The van der Waals surface area contributed by atoms with E-state index in [1.54, 1.807) is 12.0 Å². The van der Waals surface area contributed by atoms with Gasteiger partial charge in [0, 0.05) is 18.8 Å². The Kier molecular flexibility index (Phi) is 8.27. The molecule has 1 aliphatic carbocycles. The lowest BCUT2D eigenvalue weighted by Gasteiger charge is -2.39. The minimum Gasteiger partial charge on any atom is -0.496 e. The van der Waals surface area contributed by atoms with Crippen molar-refractivity contribution in [2.45, 2.75) is 70.6 Å². The molecule has 2 N–H and O–H groups in total. The van der Waals surface area contributed by atoms with Gasteiger partial charge in [-0.2, -0.15) is 0 Å². The molecule has 0 radical (unpaired) electrons. The first-order valence-corrected chi connectivity index (χ1v) is 13.0. The monoisotopic (exact) mass is 510 g/mol. The molecule has 0 unspecified atom stereocenters. The van der Waals surface area contributed by atoms with Gasteiger partial charge in [0.1, 0.15) is 11.3 Å². The molecule has 37 heavy (non-hydrogen) atoms. The van der Waals surface area contributed by atoms with Gasteiger partial charge in [-0.1, -0.05) is 25.0 Å². The van der Waals surface area contributed by atoms with Crippen LogP contribution in [0.4, 0.5) is 10.5 Å². The lowest BCUT2D eigenvalue weighted by molar-refractivity contribution is -0.144. The topological polar surface area (TPSA) is 97.3 Å². The molecule has 2 aromatic rings. The minimum absolute atomic E-state index is 0.256. The van der Waals surface area contributed by atoms with Gasteiger partial charge in [0.25, 0.3) is 0 Å². The van der Waals surface area contributed by atoms with Crippen LogP contribution < -0.4 is 10.1 Å². The van der Waals surface area contributed by atoms with Gasteiger partial charge in [-0.3, -0.25) is 0 Å². The van der Waals surface area contributed by atoms with E-state index in [0.29, 0.717) is 19.7 Å². The standard InChI is InChI=1S/C29H38N2O6/c1-19-15-21(17-26(35-3)20(19)2)25-10-9-23(16-22(25)18-37-24-7-5-6-8-24)30-29(27(32)33)11-13-31(14-12-29)28(34)36-4/h9-10,15-17,24,30H,5-8,11-14,18H2,1-4H3,(H,32,33). The molecule has 0 spiro atoms. The van der Waals surface area contributed by atoms with E-state index >= 15 is 0 Å². The first-order valence-electron chi connectivity index (χ1n) is 13.0. The van der Waals surface area contributed by atoms with E-state index in [9.17, 15) is 14.7 Å². The summed E-state index contributed by atoms with van der Waals surface area (Å²) in [7, 11) is 3.01. The maximum Gasteiger partial charge on any atom is 0.409 e. The number of benzene rings is 2. The summed E-state index contributed by atoms with van der Waals surface area (Å²) >= 11 is 0. The Hall–Kier alpha value is -3.26. The number of amides is 1. The highest BCUT2D eigenvalue weighted by Crippen LogP contribution is 2.35. The second-order valence-corrected chi connectivity index (χ2v) is 10.2. The van der Waals surface area contributed by atoms with Crippen molar-refractivity contribution in [2.75, 3.05) is 32.6 Å². The van der Waals surface area contributed by atoms with E-state index in [2.05, 4.69) is 18.3 Å². The Morgan fingerprint density at radius 2 is 1.78 bits per heavy atom. The van der Waals surface area contributed by atoms with Gasteiger partial charge in [-0.15, -0.1) is 0 Å². The largest absolute Gasteiger partial charge is 0.496 e. The number of rotatable bonds is 8. The molecule has 2 aromatic carbocycles. The number of piperidine rings is 1. The van der Waals surface area contributed by atoms with Crippen LogP contribution in [0.5, 0.6) is 5.75 Å². The van der Waals surface area contributed by atoms with Crippen LogP contribution in [-0.4, -0.2) is 61.0 Å². The van der Waals surface area contributed by atoms with Gasteiger partial charge in [-0.25, -0.2) is 9.59 Å². The number of carbonyl (C=O) groups excluding carboxylic acids is 1. The molecule has 0 aromatic heterocycles. The van der Waals surface area contributed by atoms with E-state index in [-0.39, 0.29) is 18.9 Å². The highest BCUT2D eigenvalue weighted by atomic mass is 16.5. The minimum atomic E-state index is -1.17. The Morgan fingerprint density at radius 3 is 2.41 bits per heavy atom. The SMILES string of the molecule is COC(=O)N1CCC(Nc2ccc(-c3cc(C)c(C)c(OC)c3)c(COC3CCCC3)c2)(C(=O)O)CC1. The number of hydrogen-bond donors (Lipinski definition) is 2. The van der Waals surface area contributed by atoms with Crippen molar-refractivity contribution in [1.82, 2.24) is 4.90 Å². The molecule has 1 amide bonds. The summed E-state index contributed by atoms with van der Waals surface area (Å²) in [6.07, 6.45) is 4.91. The zero-order valence-electron chi connectivity index (χ0n) is 22.3. The number of aryl methyl sites for hydroxylation is 1. The van der Waals surface area contributed by atoms with Crippen LogP contribution in [0.25, 0.3) is 11.1 Å². The summed E-state index contributed by atoms with van der Waals surface area (Å²) in [5.74, 6) is -0.0918. The van der Waals surface area contributed by atoms with Crippen molar-refractivity contribution in [3.8, 4) is 16.9 Å². The number of ether oxygens (including phenoxy) is 3. The molecule has 4 rings (SSSR count). The normalized spacial score (nSPS) is 17.5. The van der Waals surface area contributed by atoms with Crippen LogP contribution in [0, 0.1) is 13.8 Å². The number of methoxy groups -OCH3 is 2. The number of carboxylic acid groups (broad SMARTS) is 1. The Bertz CT molecular complexity index is 1130. The molecule has 0 atom stereocenters. The molecule has 1 saturated carbocycles. The van der Waals surface area contributed by atoms with E-state index in [0.717, 1.165) is 52.1 Å². The summed E-state index contributed by atoms with van der Waals surface area (Å²) < 4.78 is 16.7. The van der Waals surface area contributed by atoms with Crippen LogP contribution >= 0.6 is 0 Å². The van der Waals surface area contributed by atoms with Crippen LogP contribution in [0.3, 0.4) is 0 Å². The maximum atomic E-state index is 12.4. The molecule has 1 heterocycles. The lowest BCUT2D eigenvalue weighted by atomic mass is 9.87. The van der Waals surface area contributed by atoms with E-state index in [1.165, 1.54) is 20.0 Å². The highest BCUT2D eigenvalue weighted by Gasteiger charge is 2.43. The molecular formula is C29H38N2O6. The van der Waals surface area contributed by atoms with Gasteiger partial charge < -0.3 is 29.5 Å². The van der Waals surface area contributed by atoms with E-state index < -0.39 is 17.6 Å². The molecular weight excluding hydrogens is 472 g/mol. The Morgan fingerprint density at radius 1 is 1.08 bits per heavy atom. The number of aliphatic carboxylic acids is 1. The third-order valence-corrected chi connectivity index (χ3v) is 7.88. The smallest absolute Gasteiger partial charge is 0.409 e. The summed E-state index contributed by atoms with van der Waals surface area (Å²) in [6.45, 7) is 5.18. The first kappa shape index (κ1) is 26.8. The molecule has 2 aliphatic rings. The molecule has 200 valence electrons.